The zero-order valence-electron chi connectivity index (χ0n) is 10.9. The fraction of sp³-hybridized carbons (Fsp3) is 0.214. The lowest BCUT2D eigenvalue weighted by atomic mass is 10.2. The van der Waals surface area contributed by atoms with Crippen LogP contribution in [0, 0.1) is 6.92 Å². The third-order valence-corrected chi connectivity index (χ3v) is 4.31. The van der Waals surface area contributed by atoms with Gasteiger partial charge in [0.15, 0.2) is 9.84 Å². The van der Waals surface area contributed by atoms with Gasteiger partial charge in [0.05, 0.1) is 17.8 Å². The zero-order valence-corrected chi connectivity index (χ0v) is 11.7. The molecule has 1 aromatic heterocycles. The van der Waals surface area contributed by atoms with Crippen molar-refractivity contribution in [3.05, 3.63) is 59.0 Å². The van der Waals surface area contributed by atoms with E-state index in [0.29, 0.717) is 5.56 Å². The maximum Gasteiger partial charge on any atom is 0.372 e. The Bertz CT molecular complexity index is 728. The molecule has 1 N–H and O–H groups in total. The summed E-state index contributed by atoms with van der Waals surface area (Å²) in [5.41, 5.74) is 1.84. The molecule has 106 valence electrons. The summed E-state index contributed by atoms with van der Waals surface area (Å²) in [4.78, 5) is 10.9. The average Bonchev–Trinajstić information content (AvgIpc) is 2.75. The lowest BCUT2D eigenvalue weighted by Gasteiger charge is -2.05. The Labute approximate surface area is 116 Å². The molecule has 1 aromatic carbocycles. The number of furan rings is 1. The van der Waals surface area contributed by atoms with Crippen molar-refractivity contribution in [1.82, 2.24) is 0 Å². The van der Waals surface area contributed by atoms with Gasteiger partial charge in [-0.3, -0.25) is 0 Å². The number of aromatic carboxylic acids is 1. The molecule has 0 spiro atoms. The average molecular weight is 294 g/mol. The first-order valence-electron chi connectivity index (χ1n) is 5.93. The Morgan fingerprint density at radius 1 is 1.25 bits per heavy atom. The van der Waals surface area contributed by atoms with Crippen molar-refractivity contribution in [2.24, 2.45) is 0 Å². The standard InChI is InChI=1S/C14H14O5S/c1-10-3-2-4-11(7-10)8-20(17,18)9-12-5-6-19-13(12)14(15)16/h2-7H,8-9H2,1H3,(H,15,16). The van der Waals surface area contributed by atoms with Crippen LogP contribution in [0.25, 0.3) is 0 Å². The fourth-order valence-electron chi connectivity index (χ4n) is 1.98. The summed E-state index contributed by atoms with van der Waals surface area (Å²) in [6, 6.07) is 8.58. The summed E-state index contributed by atoms with van der Waals surface area (Å²) in [5.74, 6) is -2.06. The summed E-state index contributed by atoms with van der Waals surface area (Å²) in [7, 11) is -3.45. The molecule has 1 heterocycles. The number of aryl methyl sites for hydroxylation is 1. The molecule has 0 amide bonds. The van der Waals surface area contributed by atoms with Crippen LogP contribution < -0.4 is 0 Å². The van der Waals surface area contributed by atoms with E-state index in [4.69, 9.17) is 9.52 Å². The van der Waals surface area contributed by atoms with Crippen molar-refractivity contribution in [3.63, 3.8) is 0 Å². The Morgan fingerprint density at radius 3 is 2.65 bits per heavy atom. The van der Waals surface area contributed by atoms with Gasteiger partial charge in [0.2, 0.25) is 5.76 Å². The van der Waals surface area contributed by atoms with Gasteiger partial charge in [-0.25, -0.2) is 13.2 Å². The van der Waals surface area contributed by atoms with Crippen LogP contribution in [0.4, 0.5) is 0 Å². The van der Waals surface area contributed by atoms with Gasteiger partial charge in [-0.05, 0) is 18.6 Å². The van der Waals surface area contributed by atoms with Crippen LogP contribution in [0.2, 0.25) is 0 Å². The van der Waals surface area contributed by atoms with Crippen molar-refractivity contribution in [1.29, 1.82) is 0 Å². The van der Waals surface area contributed by atoms with E-state index in [1.54, 1.807) is 18.2 Å². The molecule has 0 atom stereocenters. The number of carboxylic acids is 1. The largest absolute Gasteiger partial charge is 0.475 e. The summed E-state index contributed by atoms with van der Waals surface area (Å²) >= 11 is 0. The molecule has 2 rings (SSSR count). The highest BCUT2D eigenvalue weighted by atomic mass is 32.2. The van der Waals surface area contributed by atoms with Gasteiger partial charge in [-0.15, -0.1) is 0 Å². The summed E-state index contributed by atoms with van der Waals surface area (Å²) in [6.07, 6.45) is 1.18. The Hall–Kier alpha value is -2.08. The topological polar surface area (TPSA) is 84.6 Å². The van der Waals surface area contributed by atoms with Gasteiger partial charge < -0.3 is 9.52 Å². The van der Waals surface area contributed by atoms with Crippen molar-refractivity contribution in [2.75, 3.05) is 0 Å². The minimum Gasteiger partial charge on any atom is -0.475 e. The van der Waals surface area contributed by atoms with E-state index in [1.165, 1.54) is 12.3 Å². The number of rotatable bonds is 5. The second kappa shape index (κ2) is 5.50. The first-order chi connectivity index (χ1) is 9.37. The lowest BCUT2D eigenvalue weighted by molar-refractivity contribution is 0.0661. The van der Waals surface area contributed by atoms with E-state index in [1.807, 2.05) is 13.0 Å². The SMILES string of the molecule is Cc1cccc(CS(=O)(=O)Cc2ccoc2C(=O)O)c1. The minimum absolute atomic E-state index is 0.126. The van der Waals surface area contributed by atoms with Gasteiger partial charge in [0.1, 0.15) is 0 Å². The highest BCUT2D eigenvalue weighted by Gasteiger charge is 2.20. The van der Waals surface area contributed by atoms with E-state index in [2.05, 4.69) is 0 Å². The van der Waals surface area contributed by atoms with Crippen LogP contribution in [0.1, 0.15) is 27.2 Å². The van der Waals surface area contributed by atoms with Crippen LogP contribution >= 0.6 is 0 Å². The van der Waals surface area contributed by atoms with Crippen molar-refractivity contribution < 1.29 is 22.7 Å². The van der Waals surface area contributed by atoms with E-state index in [9.17, 15) is 13.2 Å². The number of hydrogen-bond acceptors (Lipinski definition) is 4. The van der Waals surface area contributed by atoms with Gasteiger partial charge in [0.25, 0.3) is 0 Å². The smallest absolute Gasteiger partial charge is 0.372 e. The van der Waals surface area contributed by atoms with E-state index in [0.717, 1.165) is 5.56 Å². The van der Waals surface area contributed by atoms with Crippen LogP contribution in [0.15, 0.2) is 41.0 Å². The monoisotopic (exact) mass is 294 g/mol. The van der Waals surface area contributed by atoms with Crippen LogP contribution in [0.5, 0.6) is 0 Å². The van der Waals surface area contributed by atoms with E-state index in [-0.39, 0.29) is 22.8 Å². The third kappa shape index (κ3) is 3.48. The summed E-state index contributed by atoms with van der Waals surface area (Å²) in [6.45, 7) is 1.88. The molecule has 6 heteroatoms. The zero-order chi connectivity index (χ0) is 14.8. The molecular weight excluding hydrogens is 280 g/mol. The number of sulfone groups is 1. The molecule has 0 unspecified atom stereocenters. The molecule has 0 aliphatic carbocycles. The Balaban J connectivity index is 2.19. The number of benzene rings is 1. The molecule has 20 heavy (non-hydrogen) atoms. The molecule has 0 fully saturated rings. The van der Waals surface area contributed by atoms with Gasteiger partial charge >= 0.3 is 5.97 Å². The Morgan fingerprint density at radius 2 is 2.00 bits per heavy atom. The maximum atomic E-state index is 12.1. The predicted octanol–water partition coefficient (Wildman–Crippen LogP) is 2.40. The van der Waals surface area contributed by atoms with Crippen LogP contribution in [-0.4, -0.2) is 19.5 Å². The molecule has 0 bridgehead atoms. The number of carboxylic acid groups (broad SMARTS) is 1. The van der Waals surface area contributed by atoms with Crippen molar-refractivity contribution >= 4 is 15.8 Å². The van der Waals surface area contributed by atoms with E-state index >= 15 is 0 Å². The first-order valence-corrected chi connectivity index (χ1v) is 7.75. The van der Waals surface area contributed by atoms with E-state index < -0.39 is 15.8 Å². The molecule has 0 aliphatic heterocycles. The molecular formula is C14H14O5S. The van der Waals surface area contributed by atoms with Gasteiger partial charge in [0, 0.05) is 5.56 Å². The predicted molar refractivity (Wildman–Crippen MR) is 73.2 cm³/mol. The molecule has 0 aliphatic rings. The quantitative estimate of drug-likeness (QED) is 0.915. The minimum atomic E-state index is -3.45. The van der Waals surface area contributed by atoms with Crippen molar-refractivity contribution in [2.45, 2.75) is 18.4 Å². The van der Waals surface area contributed by atoms with Crippen LogP contribution in [-0.2, 0) is 21.3 Å². The molecule has 2 aromatic rings. The molecule has 0 saturated carbocycles. The highest BCUT2D eigenvalue weighted by Crippen LogP contribution is 2.17. The second-order valence-electron chi connectivity index (χ2n) is 4.60. The normalized spacial score (nSPS) is 11.4. The third-order valence-electron chi connectivity index (χ3n) is 2.79. The first kappa shape index (κ1) is 14.3. The fourth-order valence-corrected chi connectivity index (χ4v) is 3.47. The van der Waals surface area contributed by atoms with Gasteiger partial charge in [-0.1, -0.05) is 29.8 Å². The van der Waals surface area contributed by atoms with Crippen LogP contribution in [0.3, 0.4) is 0 Å². The van der Waals surface area contributed by atoms with Crippen molar-refractivity contribution in [3.8, 4) is 0 Å². The second-order valence-corrected chi connectivity index (χ2v) is 6.67. The molecule has 0 radical (unpaired) electrons. The molecule has 5 nitrogen and oxygen atoms in total. The summed E-state index contributed by atoms with van der Waals surface area (Å²) < 4.78 is 29.0. The Kier molecular flexibility index (Phi) is 3.94. The lowest BCUT2D eigenvalue weighted by Crippen LogP contribution is -2.10. The highest BCUT2D eigenvalue weighted by molar-refractivity contribution is 7.89. The maximum absolute atomic E-state index is 12.1. The molecule has 0 saturated heterocycles. The number of carbonyl (C=O) groups is 1. The number of hydrogen-bond donors (Lipinski definition) is 1. The van der Waals surface area contributed by atoms with Gasteiger partial charge in [-0.2, -0.15) is 0 Å². The summed E-state index contributed by atoms with van der Waals surface area (Å²) in [5, 5.41) is 8.89.